The zero-order valence-corrected chi connectivity index (χ0v) is 14.9. The van der Waals surface area contributed by atoms with Gasteiger partial charge in [-0.15, -0.1) is 0 Å². The lowest BCUT2D eigenvalue weighted by atomic mass is 10.1. The Morgan fingerprint density at radius 1 is 1.19 bits per heavy atom. The molecule has 1 N–H and O–H groups in total. The van der Waals surface area contributed by atoms with E-state index < -0.39 is 0 Å². The number of benzene rings is 1. The topological polar surface area (TPSA) is 98.9 Å². The van der Waals surface area contributed by atoms with Crippen LogP contribution in [0.4, 0.5) is 23.1 Å². The Labute approximate surface area is 151 Å². The first-order chi connectivity index (χ1) is 12.5. The summed E-state index contributed by atoms with van der Waals surface area (Å²) in [5.74, 6) is 1.50. The van der Waals surface area contributed by atoms with Gasteiger partial charge in [0.2, 0.25) is 5.95 Å². The Balaban J connectivity index is 1.76. The van der Waals surface area contributed by atoms with Crippen LogP contribution in [-0.4, -0.2) is 60.3 Å². The van der Waals surface area contributed by atoms with Gasteiger partial charge in [0.1, 0.15) is 11.5 Å². The number of hydrogen-bond donors (Lipinski definition) is 1. The molecule has 138 valence electrons. The molecule has 0 atom stereocenters. The van der Waals surface area contributed by atoms with Crippen LogP contribution in [0.3, 0.4) is 0 Å². The second kappa shape index (κ2) is 7.52. The fourth-order valence-electron chi connectivity index (χ4n) is 2.98. The summed E-state index contributed by atoms with van der Waals surface area (Å²) < 4.78 is 0. The molecular weight excluding hydrogens is 336 g/mol. The van der Waals surface area contributed by atoms with E-state index in [4.69, 9.17) is 0 Å². The van der Waals surface area contributed by atoms with Gasteiger partial charge >= 0.3 is 0 Å². The van der Waals surface area contributed by atoms with Crippen molar-refractivity contribution in [3.63, 3.8) is 0 Å². The molecule has 1 aromatic carbocycles. The van der Waals surface area contributed by atoms with Crippen molar-refractivity contribution in [2.24, 2.45) is 0 Å². The summed E-state index contributed by atoms with van der Waals surface area (Å²) in [4.78, 5) is 25.7. The molecule has 3 rings (SSSR count). The van der Waals surface area contributed by atoms with Crippen LogP contribution >= 0.6 is 0 Å². The lowest BCUT2D eigenvalue weighted by Crippen LogP contribution is -2.47. The molecule has 2 heterocycles. The Kier molecular flexibility index (Phi) is 5.17. The van der Waals surface area contributed by atoms with Crippen molar-refractivity contribution < 1.29 is 10.0 Å². The van der Waals surface area contributed by atoms with Crippen molar-refractivity contribution in [2.75, 3.05) is 55.0 Å². The van der Waals surface area contributed by atoms with Gasteiger partial charge in [-0.05, 0) is 23.8 Å². The number of hydrogen-bond acceptors (Lipinski definition) is 8. The lowest BCUT2D eigenvalue weighted by molar-refractivity contribution is -0.384. The maximum atomic E-state index is 11.3. The first-order valence-corrected chi connectivity index (χ1v) is 8.38. The average Bonchev–Trinajstić information content (AvgIpc) is 2.67. The van der Waals surface area contributed by atoms with E-state index in [9.17, 15) is 15.2 Å². The highest BCUT2D eigenvalue weighted by Crippen LogP contribution is 2.30. The number of aromatic nitrogens is 2. The Morgan fingerprint density at radius 2 is 1.88 bits per heavy atom. The number of nitro groups is 1. The number of nitro benzene ring substituents is 1. The van der Waals surface area contributed by atoms with Gasteiger partial charge < -0.3 is 19.8 Å². The van der Waals surface area contributed by atoms with Crippen LogP contribution in [0.5, 0.6) is 0 Å². The molecular formula is C17H22N6O3. The fourth-order valence-corrected chi connectivity index (χ4v) is 2.98. The summed E-state index contributed by atoms with van der Waals surface area (Å²) in [5.41, 5.74) is 1.28. The standard InChI is InChI=1S/C17H22N6O3/c1-20(2)17-18-6-5-16(19-17)22-9-7-21(8-10-22)15-11-13(12-24)3-4-14(15)23(25)26/h3-6,11,24H,7-10,12H2,1-2H3. The Hall–Kier alpha value is -2.94. The van der Waals surface area contributed by atoms with Gasteiger partial charge in [0.05, 0.1) is 11.5 Å². The van der Waals surface area contributed by atoms with Crippen LogP contribution in [0.15, 0.2) is 30.5 Å². The van der Waals surface area contributed by atoms with Crippen LogP contribution in [0.1, 0.15) is 5.56 Å². The number of rotatable bonds is 5. The second-order valence-corrected chi connectivity index (χ2v) is 6.32. The highest BCUT2D eigenvalue weighted by Gasteiger charge is 2.24. The predicted molar refractivity (Wildman–Crippen MR) is 99.8 cm³/mol. The molecule has 0 bridgehead atoms. The number of aliphatic hydroxyl groups is 1. The van der Waals surface area contributed by atoms with Crippen LogP contribution in [-0.2, 0) is 6.61 Å². The van der Waals surface area contributed by atoms with E-state index in [2.05, 4.69) is 14.9 Å². The number of nitrogens with zero attached hydrogens (tertiary/aromatic N) is 6. The van der Waals surface area contributed by atoms with Crippen LogP contribution in [0, 0.1) is 10.1 Å². The zero-order valence-electron chi connectivity index (χ0n) is 14.9. The quantitative estimate of drug-likeness (QED) is 0.630. The maximum Gasteiger partial charge on any atom is 0.292 e. The molecule has 0 radical (unpaired) electrons. The van der Waals surface area contributed by atoms with Gasteiger partial charge in [-0.1, -0.05) is 0 Å². The first kappa shape index (κ1) is 17.9. The number of piperazine rings is 1. The summed E-state index contributed by atoms with van der Waals surface area (Å²) in [5, 5.41) is 20.7. The summed E-state index contributed by atoms with van der Waals surface area (Å²) >= 11 is 0. The monoisotopic (exact) mass is 358 g/mol. The Bertz CT molecular complexity index is 790. The molecule has 1 aromatic heterocycles. The van der Waals surface area contributed by atoms with Crippen molar-refractivity contribution in [1.82, 2.24) is 9.97 Å². The average molecular weight is 358 g/mol. The summed E-state index contributed by atoms with van der Waals surface area (Å²) in [6, 6.07) is 6.61. The molecule has 2 aromatic rings. The highest BCUT2D eigenvalue weighted by atomic mass is 16.6. The molecule has 1 aliphatic heterocycles. The van der Waals surface area contributed by atoms with Crippen LogP contribution < -0.4 is 14.7 Å². The first-order valence-electron chi connectivity index (χ1n) is 8.38. The van der Waals surface area contributed by atoms with Crippen LogP contribution in [0.2, 0.25) is 0 Å². The van der Waals surface area contributed by atoms with Crippen molar-refractivity contribution >= 4 is 23.1 Å². The molecule has 0 spiro atoms. The van der Waals surface area contributed by atoms with Gasteiger partial charge in [0.15, 0.2) is 0 Å². The van der Waals surface area contributed by atoms with Gasteiger partial charge in [-0.2, -0.15) is 4.98 Å². The van der Waals surface area contributed by atoms with E-state index in [1.807, 2.05) is 30.0 Å². The van der Waals surface area contributed by atoms with Gasteiger partial charge in [0.25, 0.3) is 5.69 Å². The number of aliphatic hydroxyl groups excluding tert-OH is 1. The lowest BCUT2D eigenvalue weighted by Gasteiger charge is -2.36. The Morgan fingerprint density at radius 3 is 2.50 bits per heavy atom. The van der Waals surface area contributed by atoms with Crippen molar-refractivity contribution in [3.8, 4) is 0 Å². The third kappa shape index (κ3) is 3.67. The molecule has 1 aliphatic rings. The minimum Gasteiger partial charge on any atom is -0.392 e. The van der Waals surface area contributed by atoms with Gasteiger partial charge in [0, 0.05) is 52.5 Å². The normalized spacial score (nSPS) is 14.4. The van der Waals surface area contributed by atoms with E-state index in [1.54, 1.807) is 18.3 Å². The van der Waals surface area contributed by atoms with E-state index in [-0.39, 0.29) is 17.2 Å². The van der Waals surface area contributed by atoms with Crippen molar-refractivity contribution in [1.29, 1.82) is 0 Å². The van der Waals surface area contributed by atoms with E-state index in [0.717, 1.165) is 5.82 Å². The largest absolute Gasteiger partial charge is 0.392 e. The van der Waals surface area contributed by atoms with E-state index >= 15 is 0 Å². The number of anilines is 3. The molecule has 0 aliphatic carbocycles. The molecule has 0 unspecified atom stereocenters. The molecule has 0 amide bonds. The van der Waals surface area contributed by atoms with E-state index in [1.165, 1.54) is 6.07 Å². The molecule has 1 saturated heterocycles. The van der Waals surface area contributed by atoms with Crippen molar-refractivity contribution in [3.05, 3.63) is 46.1 Å². The molecule has 26 heavy (non-hydrogen) atoms. The van der Waals surface area contributed by atoms with Crippen LogP contribution in [0.25, 0.3) is 0 Å². The SMILES string of the molecule is CN(C)c1nccc(N2CCN(c3cc(CO)ccc3[N+](=O)[O-])CC2)n1. The summed E-state index contributed by atoms with van der Waals surface area (Å²) in [6.45, 7) is 2.53. The zero-order chi connectivity index (χ0) is 18.7. The van der Waals surface area contributed by atoms with Gasteiger partial charge in [-0.3, -0.25) is 10.1 Å². The minimum atomic E-state index is -0.378. The molecule has 0 saturated carbocycles. The summed E-state index contributed by atoms with van der Waals surface area (Å²) in [7, 11) is 3.79. The third-order valence-electron chi connectivity index (χ3n) is 4.39. The fraction of sp³-hybridized carbons (Fsp3) is 0.412. The molecule has 9 heteroatoms. The predicted octanol–water partition coefficient (Wildman–Crippen LogP) is 1.27. The second-order valence-electron chi connectivity index (χ2n) is 6.32. The third-order valence-corrected chi connectivity index (χ3v) is 4.39. The highest BCUT2D eigenvalue weighted by molar-refractivity contribution is 5.65. The summed E-state index contributed by atoms with van der Waals surface area (Å²) in [6.07, 6.45) is 1.74. The van der Waals surface area contributed by atoms with Gasteiger partial charge in [-0.25, -0.2) is 4.98 Å². The van der Waals surface area contributed by atoms with E-state index in [0.29, 0.717) is 43.4 Å². The molecule has 9 nitrogen and oxygen atoms in total. The van der Waals surface area contributed by atoms with Crippen molar-refractivity contribution in [2.45, 2.75) is 6.61 Å². The maximum absolute atomic E-state index is 11.3. The minimum absolute atomic E-state index is 0.0626. The molecule has 1 fully saturated rings. The smallest absolute Gasteiger partial charge is 0.292 e.